The van der Waals surface area contributed by atoms with Crippen LogP contribution in [-0.2, 0) is 16.7 Å². The Balaban J connectivity index is 1.46. The number of methoxy groups -OCH3 is 1. The van der Waals surface area contributed by atoms with Crippen molar-refractivity contribution in [2.45, 2.75) is 62.5 Å². The Labute approximate surface area is 166 Å². The van der Waals surface area contributed by atoms with Gasteiger partial charge in [0.15, 0.2) is 0 Å². The third-order valence-electron chi connectivity index (χ3n) is 6.36. The summed E-state index contributed by atoms with van der Waals surface area (Å²) in [6.07, 6.45) is 10.2. The van der Waals surface area contributed by atoms with Crippen molar-refractivity contribution in [3.8, 4) is 5.75 Å². The van der Waals surface area contributed by atoms with Crippen molar-refractivity contribution in [1.82, 2.24) is 10.3 Å². The van der Waals surface area contributed by atoms with Gasteiger partial charge in [0.05, 0.1) is 17.6 Å². The summed E-state index contributed by atoms with van der Waals surface area (Å²) in [4.78, 5) is 6.05. The van der Waals surface area contributed by atoms with Crippen LogP contribution in [0.1, 0.15) is 55.5 Å². The molecular formula is C22H30N2O2S. The van der Waals surface area contributed by atoms with Crippen LogP contribution in [0.25, 0.3) is 0 Å². The highest BCUT2D eigenvalue weighted by molar-refractivity contribution is 7.10. The largest absolute Gasteiger partial charge is 0.496 e. The molecular weight excluding hydrogens is 356 g/mol. The first-order valence-corrected chi connectivity index (χ1v) is 11.0. The van der Waals surface area contributed by atoms with Gasteiger partial charge in [0.1, 0.15) is 5.75 Å². The lowest BCUT2D eigenvalue weighted by atomic mass is 9.68. The average molecular weight is 387 g/mol. The van der Waals surface area contributed by atoms with E-state index in [1.807, 2.05) is 18.3 Å². The molecule has 1 atom stereocenters. The van der Waals surface area contributed by atoms with Gasteiger partial charge in [-0.25, -0.2) is 0 Å². The van der Waals surface area contributed by atoms with Crippen LogP contribution >= 0.6 is 11.3 Å². The molecule has 1 N–H and O–H groups in total. The minimum Gasteiger partial charge on any atom is -0.496 e. The number of hydrogen-bond acceptors (Lipinski definition) is 5. The second kappa shape index (κ2) is 8.29. The first kappa shape index (κ1) is 18.9. The molecule has 4 nitrogen and oxygen atoms in total. The molecule has 1 spiro atoms. The third-order valence-corrected chi connectivity index (χ3v) is 7.26. The summed E-state index contributed by atoms with van der Waals surface area (Å²) in [5, 5.41) is 5.74. The van der Waals surface area contributed by atoms with E-state index in [4.69, 9.17) is 14.5 Å². The Bertz CT molecular complexity index is 727. The van der Waals surface area contributed by atoms with Crippen LogP contribution in [-0.4, -0.2) is 30.8 Å². The number of thiophene rings is 1. The zero-order valence-corrected chi connectivity index (χ0v) is 17.0. The minimum absolute atomic E-state index is 0.0900. The van der Waals surface area contributed by atoms with Crippen LogP contribution in [0.5, 0.6) is 5.75 Å². The van der Waals surface area contributed by atoms with Crippen molar-refractivity contribution in [1.29, 1.82) is 0 Å². The highest BCUT2D eigenvalue weighted by Crippen LogP contribution is 2.49. The molecule has 1 saturated heterocycles. The van der Waals surface area contributed by atoms with Gasteiger partial charge in [-0.1, -0.05) is 18.9 Å². The van der Waals surface area contributed by atoms with Gasteiger partial charge in [-0.3, -0.25) is 4.98 Å². The standard InChI is InChI=1S/C22H30N2O2S/c1-25-18-7-15-27-19(18)16-23-13-10-21(20-6-2-5-12-24-20)11-14-26-22(17-21)8-3-4-9-22/h2,5-7,12,15,23H,3-4,8-11,13-14,16-17H2,1H3/t21-/m0/s1. The predicted molar refractivity (Wildman–Crippen MR) is 109 cm³/mol. The van der Waals surface area contributed by atoms with Crippen molar-refractivity contribution >= 4 is 11.3 Å². The van der Waals surface area contributed by atoms with E-state index < -0.39 is 0 Å². The topological polar surface area (TPSA) is 43.4 Å². The van der Waals surface area contributed by atoms with E-state index in [1.54, 1.807) is 18.4 Å². The molecule has 1 aliphatic heterocycles. The Morgan fingerprint density at radius 3 is 2.89 bits per heavy atom. The molecule has 0 radical (unpaired) electrons. The second-order valence-electron chi connectivity index (χ2n) is 8.00. The molecule has 0 amide bonds. The van der Waals surface area contributed by atoms with Gasteiger partial charge in [-0.2, -0.15) is 0 Å². The molecule has 4 rings (SSSR count). The summed E-state index contributed by atoms with van der Waals surface area (Å²) in [6, 6.07) is 8.41. The first-order chi connectivity index (χ1) is 13.3. The average Bonchev–Trinajstić information content (AvgIpc) is 3.35. The Morgan fingerprint density at radius 1 is 1.22 bits per heavy atom. The first-order valence-electron chi connectivity index (χ1n) is 10.1. The van der Waals surface area contributed by atoms with Crippen LogP contribution in [0.4, 0.5) is 0 Å². The molecule has 1 saturated carbocycles. The summed E-state index contributed by atoms with van der Waals surface area (Å²) in [6.45, 7) is 2.70. The SMILES string of the molecule is COc1ccsc1CNCC[C@]1(c2ccccn2)CCOC2(CCCC2)C1. The molecule has 3 heterocycles. The van der Waals surface area contributed by atoms with E-state index in [1.165, 1.54) is 36.3 Å². The van der Waals surface area contributed by atoms with E-state index in [-0.39, 0.29) is 11.0 Å². The normalized spacial score (nSPS) is 24.3. The molecule has 1 aliphatic carbocycles. The van der Waals surface area contributed by atoms with Crippen LogP contribution in [0, 0.1) is 0 Å². The van der Waals surface area contributed by atoms with Gasteiger partial charge < -0.3 is 14.8 Å². The Morgan fingerprint density at radius 2 is 2.11 bits per heavy atom. The maximum absolute atomic E-state index is 6.34. The van der Waals surface area contributed by atoms with E-state index in [9.17, 15) is 0 Å². The zero-order valence-electron chi connectivity index (χ0n) is 16.2. The molecule has 2 aromatic heterocycles. The molecule has 2 fully saturated rings. The van der Waals surface area contributed by atoms with Crippen molar-refractivity contribution < 1.29 is 9.47 Å². The smallest absolute Gasteiger partial charge is 0.134 e. The van der Waals surface area contributed by atoms with Crippen molar-refractivity contribution in [3.63, 3.8) is 0 Å². The monoisotopic (exact) mass is 386 g/mol. The number of aromatic nitrogens is 1. The highest BCUT2D eigenvalue weighted by Gasteiger charge is 2.48. The number of nitrogens with one attached hydrogen (secondary N) is 1. The van der Waals surface area contributed by atoms with Crippen LogP contribution < -0.4 is 10.1 Å². The molecule has 0 aromatic carbocycles. The summed E-state index contributed by atoms with van der Waals surface area (Å²) < 4.78 is 11.8. The molecule has 0 unspecified atom stereocenters. The van der Waals surface area contributed by atoms with Gasteiger partial charge in [-0.15, -0.1) is 11.3 Å². The lowest BCUT2D eigenvalue weighted by Gasteiger charge is -2.46. The van der Waals surface area contributed by atoms with Crippen molar-refractivity contribution in [2.75, 3.05) is 20.3 Å². The maximum atomic E-state index is 6.34. The van der Waals surface area contributed by atoms with Gasteiger partial charge in [-0.05, 0) is 62.2 Å². The van der Waals surface area contributed by atoms with Crippen LogP contribution in [0.2, 0.25) is 0 Å². The summed E-state index contributed by atoms with van der Waals surface area (Å²) in [7, 11) is 1.74. The van der Waals surface area contributed by atoms with Gasteiger partial charge in [0.25, 0.3) is 0 Å². The van der Waals surface area contributed by atoms with Gasteiger partial charge in [0.2, 0.25) is 0 Å². The lowest BCUT2D eigenvalue weighted by Crippen LogP contribution is -2.47. The quantitative estimate of drug-likeness (QED) is 0.701. The number of ether oxygens (including phenoxy) is 2. The number of hydrogen-bond donors (Lipinski definition) is 1. The fourth-order valence-corrected chi connectivity index (χ4v) is 5.77. The number of pyridine rings is 1. The third kappa shape index (κ3) is 4.05. The predicted octanol–water partition coefficient (Wildman–Crippen LogP) is 4.69. The minimum atomic E-state index is 0.0900. The number of rotatable bonds is 7. The fraction of sp³-hybridized carbons (Fsp3) is 0.591. The molecule has 2 aromatic rings. The van der Waals surface area contributed by atoms with E-state index in [0.29, 0.717) is 0 Å². The second-order valence-corrected chi connectivity index (χ2v) is 9.00. The maximum Gasteiger partial charge on any atom is 0.134 e. The highest BCUT2D eigenvalue weighted by atomic mass is 32.1. The van der Waals surface area contributed by atoms with Crippen LogP contribution in [0.15, 0.2) is 35.8 Å². The molecule has 0 bridgehead atoms. The van der Waals surface area contributed by atoms with Crippen molar-refractivity contribution in [3.05, 3.63) is 46.4 Å². The lowest BCUT2D eigenvalue weighted by molar-refractivity contribution is -0.104. The zero-order chi connectivity index (χ0) is 18.6. The molecule has 27 heavy (non-hydrogen) atoms. The number of nitrogens with zero attached hydrogens (tertiary/aromatic N) is 1. The van der Waals surface area contributed by atoms with E-state index in [0.717, 1.165) is 44.7 Å². The van der Waals surface area contributed by atoms with Gasteiger partial charge in [0, 0.05) is 30.5 Å². The molecule has 2 aliphatic rings. The Kier molecular flexibility index (Phi) is 5.81. The Hall–Kier alpha value is -1.43. The summed E-state index contributed by atoms with van der Waals surface area (Å²) in [5.41, 5.74) is 1.46. The molecule has 146 valence electrons. The molecule has 5 heteroatoms. The summed E-state index contributed by atoms with van der Waals surface area (Å²) in [5.74, 6) is 0.989. The fourth-order valence-electron chi connectivity index (χ4n) is 4.97. The van der Waals surface area contributed by atoms with Crippen molar-refractivity contribution in [2.24, 2.45) is 0 Å². The van der Waals surface area contributed by atoms with E-state index >= 15 is 0 Å². The summed E-state index contributed by atoms with van der Waals surface area (Å²) >= 11 is 1.75. The van der Waals surface area contributed by atoms with E-state index in [2.05, 4.69) is 22.8 Å². The van der Waals surface area contributed by atoms with Gasteiger partial charge >= 0.3 is 0 Å². The van der Waals surface area contributed by atoms with Crippen LogP contribution in [0.3, 0.4) is 0 Å².